The Labute approximate surface area is 83.0 Å². The van der Waals surface area contributed by atoms with Gasteiger partial charge < -0.3 is 10.5 Å². The lowest BCUT2D eigenvalue weighted by molar-refractivity contribution is 0.358. The summed E-state index contributed by atoms with van der Waals surface area (Å²) in [6.07, 6.45) is 4.10. The first kappa shape index (κ1) is 9.74. The highest BCUT2D eigenvalue weighted by atomic mass is 32.1. The lowest BCUT2D eigenvalue weighted by atomic mass is 10.1. The molecule has 0 saturated carbocycles. The van der Waals surface area contributed by atoms with E-state index in [1.54, 1.807) is 0 Å². The zero-order valence-corrected chi connectivity index (χ0v) is 7.96. The number of fused-ring (bicyclic) bond motifs is 1. The second-order valence-electron chi connectivity index (χ2n) is 2.39. The van der Waals surface area contributed by atoms with Gasteiger partial charge in [0.25, 0.3) is 0 Å². The Kier molecular flexibility index (Phi) is 3.99. The number of thiocarbonyl (C=S) groups is 1. The summed E-state index contributed by atoms with van der Waals surface area (Å²) in [5, 5.41) is 0. The van der Waals surface area contributed by atoms with Gasteiger partial charge in [0.05, 0.1) is 5.49 Å². The molecule has 1 aromatic carbocycles. The molecule has 0 fully saturated rings. The Bertz CT molecular complexity index is 310. The maximum atomic E-state index is 5.34. The third-order valence-electron chi connectivity index (χ3n) is 1.55. The molecule has 0 spiro atoms. The van der Waals surface area contributed by atoms with E-state index < -0.39 is 0 Å². The summed E-state index contributed by atoms with van der Waals surface area (Å²) >= 11 is 4.05. The van der Waals surface area contributed by atoms with Crippen molar-refractivity contribution < 1.29 is 4.74 Å². The van der Waals surface area contributed by atoms with Crippen LogP contribution in [0.25, 0.3) is 6.08 Å². The predicted octanol–water partition coefficient (Wildman–Crippen LogP) is 1.99. The summed E-state index contributed by atoms with van der Waals surface area (Å²) in [5.74, 6) is 0.991. The molecule has 1 heterocycles. The second-order valence-corrected chi connectivity index (χ2v) is 2.66. The van der Waals surface area contributed by atoms with Crippen molar-refractivity contribution in [3.63, 3.8) is 0 Å². The first-order chi connectivity index (χ1) is 6.38. The molecule has 2 rings (SSSR count). The molecule has 68 valence electrons. The Morgan fingerprint density at radius 1 is 1.38 bits per heavy atom. The summed E-state index contributed by atoms with van der Waals surface area (Å²) in [6, 6.07) is 8.03. The van der Waals surface area contributed by atoms with E-state index in [-0.39, 0.29) is 0 Å². The fourth-order valence-corrected chi connectivity index (χ4v) is 1.06. The summed E-state index contributed by atoms with van der Waals surface area (Å²) in [7, 11) is 0. The van der Waals surface area contributed by atoms with Crippen molar-refractivity contribution in [2.45, 2.75) is 0 Å². The second kappa shape index (κ2) is 5.32. The molecule has 3 heteroatoms. The van der Waals surface area contributed by atoms with Gasteiger partial charge in [-0.05, 0) is 12.1 Å². The lowest BCUT2D eigenvalue weighted by Gasteiger charge is -2.10. The van der Waals surface area contributed by atoms with Gasteiger partial charge in [-0.15, -0.1) is 0 Å². The van der Waals surface area contributed by atoms with Crippen LogP contribution in [0.5, 0.6) is 5.75 Å². The van der Waals surface area contributed by atoms with Crippen LogP contribution in [-0.4, -0.2) is 12.1 Å². The first-order valence-electron chi connectivity index (χ1n) is 3.92. The molecule has 0 aliphatic carbocycles. The minimum atomic E-state index is 0.705. The van der Waals surface area contributed by atoms with Crippen molar-refractivity contribution in [1.82, 2.24) is 0 Å². The zero-order chi connectivity index (χ0) is 9.52. The van der Waals surface area contributed by atoms with Crippen LogP contribution < -0.4 is 10.5 Å². The highest BCUT2D eigenvalue weighted by Crippen LogP contribution is 2.21. The van der Waals surface area contributed by atoms with Gasteiger partial charge in [0, 0.05) is 5.56 Å². The molecule has 13 heavy (non-hydrogen) atoms. The van der Waals surface area contributed by atoms with E-state index in [1.807, 2.05) is 30.3 Å². The third-order valence-corrected chi connectivity index (χ3v) is 1.55. The first-order valence-corrected chi connectivity index (χ1v) is 4.39. The predicted molar refractivity (Wildman–Crippen MR) is 58.8 cm³/mol. The third kappa shape index (κ3) is 2.87. The monoisotopic (exact) mass is 193 g/mol. The number of rotatable bonds is 0. The molecule has 0 atom stereocenters. The molecular formula is C10H11NOS. The van der Waals surface area contributed by atoms with Crippen LogP contribution in [0.15, 0.2) is 30.3 Å². The number of hydrogen-bond donors (Lipinski definition) is 1. The SMILES string of the molecule is C1=Cc2ccccc2OC1.NC=S. The molecule has 0 unspecified atom stereocenters. The highest BCUT2D eigenvalue weighted by Gasteiger charge is 2.01. The molecule has 2 nitrogen and oxygen atoms in total. The Balaban J connectivity index is 0.000000251. The van der Waals surface area contributed by atoms with Crippen LogP contribution in [0.2, 0.25) is 0 Å². The summed E-state index contributed by atoms with van der Waals surface area (Å²) < 4.78 is 5.34. The van der Waals surface area contributed by atoms with E-state index in [9.17, 15) is 0 Å². The van der Waals surface area contributed by atoms with Gasteiger partial charge >= 0.3 is 0 Å². The summed E-state index contributed by atoms with van der Waals surface area (Å²) in [4.78, 5) is 0. The van der Waals surface area contributed by atoms with Gasteiger partial charge in [-0.25, -0.2) is 0 Å². The zero-order valence-electron chi connectivity index (χ0n) is 7.14. The number of para-hydroxylation sites is 1. The van der Waals surface area contributed by atoms with Crippen LogP contribution in [0.4, 0.5) is 0 Å². The smallest absolute Gasteiger partial charge is 0.126 e. The van der Waals surface area contributed by atoms with Gasteiger partial charge in [-0.1, -0.05) is 36.5 Å². The Hall–Kier alpha value is -1.35. The van der Waals surface area contributed by atoms with Crippen molar-refractivity contribution >= 4 is 23.8 Å². The average molecular weight is 193 g/mol. The largest absolute Gasteiger partial charge is 0.489 e. The van der Waals surface area contributed by atoms with Gasteiger partial charge in [0.2, 0.25) is 0 Å². The van der Waals surface area contributed by atoms with Crippen molar-refractivity contribution in [2.75, 3.05) is 6.61 Å². The van der Waals surface area contributed by atoms with E-state index in [0.29, 0.717) is 6.61 Å². The summed E-state index contributed by atoms with van der Waals surface area (Å²) in [5.41, 5.74) is 6.80. The topological polar surface area (TPSA) is 35.2 Å². The molecular weight excluding hydrogens is 182 g/mol. The van der Waals surface area contributed by atoms with Crippen LogP contribution >= 0.6 is 12.2 Å². The number of benzene rings is 1. The van der Waals surface area contributed by atoms with E-state index in [2.05, 4.69) is 24.0 Å². The van der Waals surface area contributed by atoms with E-state index >= 15 is 0 Å². The molecule has 0 bridgehead atoms. The highest BCUT2D eigenvalue weighted by molar-refractivity contribution is 7.78. The molecule has 1 aliphatic heterocycles. The van der Waals surface area contributed by atoms with E-state index in [1.165, 1.54) is 5.56 Å². The van der Waals surface area contributed by atoms with Gasteiger partial charge in [-0.2, -0.15) is 0 Å². The minimum absolute atomic E-state index is 0.705. The molecule has 0 radical (unpaired) electrons. The number of hydrogen-bond acceptors (Lipinski definition) is 2. The van der Waals surface area contributed by atoms with Crippen molar-refractivity contribution in [3.8, 4) is 5.75 Å². The maximum Gasteiger partial charge on any atom is 0.126 e. The molecule has 0 amide bonds. The van der Waals surface area contributed by atoms with Crippen LogP contribution in [0, 0.1) is 0 Å². The van der Waals surface area contributed by atoms with Crippen LogP contribution in [0.3, 0.4) is 0 Å². The van der Waals surface area contributed by atoms with Crippen LogP contribution in [0.1, 0.15) is 5.56 Å². The molecule has 1 aliphatic rings. The van der Waals surface area contributed by atoms with E-state index in [0.717, 1.165) is 11.2 Å². The van der Waals surface area contributed by atoms with Crippen molar-refractivity contribution in [3.05, 3.63) is 35.9 Å². The molecule has 1 aromatic rings. The molecule has 2 N–H and O–H groups in total. The van der Waals surface area contributed by atoms with Gasteiger partial charge in [0.15, 0.2) is 0 Å². The van der Waals surface area contributed by atoms with Gasteiger partial charge in [0.1, 0.15) is 12.4 Å². The average Bonchev–Trinajstić information content (AvgIpc) is 2.19. The maximum absolute atomic E-state index is 5.34. The summed E-state index contributed by atoms with van der Waals surface area (Å²) in [6.45, 7) is 0.705. The van der Waals surface area contributed by atoms with Crippen molar-refractivity contribution in [2.24, 2.45) is 5.73 Å². The standard InChI is InChI=1S/C9H8O.CH3NS/c1-2-6-9-8(4-1)5-3-7-10-9;2-1-3/h1-6H,7H2;1H,(H2,2,3). The molecule has 0 saturated heterocycles. The quantitative estimate of drug-likeness (QED) is 0.640. The minimum Gasteiger partial charge on any atom is -0.489 e. The number of nitrogens with two attached hydrogens (primary N) is 1. The number of ether oxygens (including phenoxy) is 1. The fourth-order valence-electron chi connectivity index (χ4n) is 1.06. The Morgan fingerprint density at radius 3 is 2.77 bits per heavy atom. The van der Waals surface area contributed by atoms with Crippen molar-refractivity contribution in [1.29, 1.82) is 0 Å². The van der Waals surface area contributed by atoms with Crippen LogP contribution in [-0.2, 0) is 0 Å². The molecule has 0 aromatic heterocycles. The fraction of sp³-hybridized carbons (Fsp3) is 0.100. The Morgan fingerprint density at radius 2 is 2.08 bits per heavy atom. The van der Waals surface area contributed by atoms with Gasteiger partial charge in [-0.3, -0.25) is 0 Å². The van der Waals surface area contributed by atoms with E-state index in [4.69, 9.17) is 4.74 Å². The lowest BCUT2D eigenvalue weighted by Crippen LogP contribution is -1.98. The normalized spacial score (nSPS) is 11.7.